The van der Waals surface area contributed by atoms with Gasteiger partial charge in [-0.3, -0.25) is 4.79 Å². The maximum absolute atomic E-state index is 12.4. The maximum Gasteiger partial charge on any atom is 0.251 e. The molecule has 0 aliphatic carbocycles. The van der Waals surface area contributed by atoms with E-state index in [2.05, 4.69) is 29.4 Å². The standard InChI is InChI=1S/C17H24N4O4/c1-11(2)21-10-19-20-15(21)6-7-18-17(22)12-8-13(23-3)16(25-5)14(9-12)24-4/h8-11H,6-7H2,1-5H3,(H,18,22). The van der Waals surface area contributed by atoms with Gasteiger partial charge in [0.2, 0.25) is 5.75 Å². The van der Waals surface area contributed by atoms with Gasteiger partial charge in [-0.1, -0.05) is 0 Å². The summed E-state index contributed by atoms with van der Waals surface area (Å²) in [7, 11) is 4.54. The Labute approximate surface area is 147 Å². The molecule has 0 spiro atoms. The van der Waals surface area contributed by atoms with Crippen LogP contribution in [-0.2, 0) is 6.42 Å². The maximum atomic E-state index is 12.4. The molecule has 0 aliphatic rings. The summed E-state index contributed by atoms with van der Waals surface area (Å²) in [5.41, 5.74) is 0.430. The summed E-state index contributed by atoms with van der Waals surface area (Å²) in [6.07, 6.45) is 2.29. The highest BCUT2D eigenvalue weighted by Crippen LogP contribution is 2.38. The number of hydrogen-bond donors (Lipinski definition) is 1. The molecule has 136 valence electrons. The fraction of sp³-hybridized carbons (Fsp3) is 0.471. The Morgan fingerprint density at radius 1 is 1.16 bits per heavy atom. The van der Waals surface area contributed by atoms with Gasteiger partial charge < -0.3 is 24.1 Å². The van der Waals surface area contributed by atoms with Crippen LogP contribution >= 0.6 is 0 Å². The van der Waals surface area contributed by atoms with Gasteiger partial charge in [0.25, 0.3) is 5.91 Å². The van der Waals surface area contributed by atoms with E-state index in [4.69, 9.17) is 14.2 Å². The summed E-state index contributed by atoms with van der Waals surface area (Å²) < 4.78 is 17.8. The summed E-state index contributed by atoms with van der Waals surface area (Å²) >= 11 is 0. The topological polar surface area (TPSA) is 87.5 Å². The van der Waals surface area contributed by atoms with Crippen LogP contribution in [0.4, 0.5) is 0 Å². The Balaban J connectivity index is 2.07. The third-order valence-corrected chi connectivity index (χ3v) is 3.76. The van der Waals surface area contributed by atoms with Crippen LogP contribution in [0.1, 0.15) is 36.1 Å². The molecule has 0 bridgehead atoms. The highest BCUT2D eigenvalue weighted by molar-refractivity contribution is 5.95. The van der Waals surface area contributed by atoms with Crippen molar-refractivity contribution >= 4 is 5.91 Å². The molecule has 2 rings (SSSR count). The number of carbonyl (C=O) groups is 1. The summed E-state index contributed by atoms with van der Waals surface area (Å²) in [5, 5.41) is 10.9. The molecule has 0 atom stereocenters. The van der Waals surface area contributed by atoms with Crippen LogP contribution in [0.3, 0.4) is 0 Å². The zero-order chi connectivity index (χ0) is 18.4. The fourth-order valence-corrected chi connectivity index (χ4v) is 2.48. The van der Waals surface area contributed by atoms with Gasteiger partial charge in [0, 0.05) is 24.6 Å². The lowest BCUT2D eigenvalue weighted by molar-refractivity contribution is 0.0953. The summed E-state index contributed by atoms with van der Waals surface area (Å²) in [5.74, 6) is 1.93. The van der Waals surface area contributed by atoms with E-state index in [9.17, 15) is 4.79 Å². The number of methoxy groups -OCH3 is 3. The first-order valence-corrected chi connectivity index (χ1v) is 7.98. The van der Waals surface area contributed by atoms with E-state index in [0.717, 1.165) is 5.82 Å². The lowest BCUT2D eigenvalue weighted by Gasteiger charge is -2.14. The van der Waals surface area contributed by atoms with E-state index in [1.807, 2.05) is 4.57 Å². The molecule has 0 saturated heterocycles. The Bertz CT molecular complexity index is 702. The third kappa shape index (κ3) is 4.20. The molecule has 1 N–H and O–H groups in total. The molecular weight excluding hydrogens is 324 g/mol. The molecule has 0 radical (unpaired) electrons. The lowest BCUT2D eigenvalue weighted by Crippen LogP contribution is -2.26. The van der Waals surface area contributed by atoms with Crippen molar-refractivity contribution in [2.45, 2.75) is 26.3 Å². The number of amides is 1. The van der Waals surface area contributed by atoms with E-state index in [0.29, 0.717) is 35.8 Å². The highest BCUT2D eigenvalue weighted by Gasteiger charge is 2.17. The second kappa shape index (κ2) is 8.36. The summed E-state index contributed by atoms with van der Waals surface area (Å²) in [6.45, 7) is 4.56. The number of aromatic nitrogens is 3. The molecule has 1 heterocycles. The first-order valence-electron chi connectivity index (χ1n) is 7.98. The smallest absolute Gasteiger partial charge is 0.251 e. The monoisotopic (exact) mass is 348 g/mol. The predicted molar refractivity (Wildman–Crippen MR) is 92.5 cm³/mol. The van der Waals surface area contributed by atoms with Crippen LogP contribution in [-0.4, -0.2) is 48.5 Å². The minimum atomic E-state index is -0.227. The summed E-state index contributed by atoms with van der Waals surface area (Å²) in [4.78, 5) is 12.4. The number of hydrogen-bond acceptors (Lipinski definition) is 6. The average Bonchev–Trinajstić information content (AvgIpc) is 3.08. The molecule has 1 amide bonds. The van der Waals surface area contributed by atoms with Gasteiger partial charge in [0.15, 0.2) is 11.5 Å². The van der Waals surface area contributed by atoms with Gasteiger partial charge in [-0.25, -0.2) is 0 Å². The first-order chi connectivity index (χ1) is 12.0. The molecule has 0 unspecified atom stereocenters. The largest absolute Gasteiger partial charge is 0.493 e. The Morgan fingerprint density at radius 3 is 2.32 bits per heavy atom. The fourth-order valence-electron chi connectivity index (χ4n) is 2.48. The van der Waals surface area contributed by atoms with Gasteiger partial charge in [0.05, 0.1) is 21.3 Å². The quantitative estimate of drug-likeness (QED) is 0.783. The Kier molecular flexibility index (Phi) is 6.21. The van der Waals surface area contributed by atoms with Crippen molar-refractivity contribution in [3.05, 3.63) is 29.8 Å². The van der Waals surface area contributed by atoms with Crippen molar-refractivity contribution in [3.63, 3.8) is 0 Å². The molecule has 0 fully saturated rings. The van der Waals surface area contributed by atoms with Gasteiger partial charge in [-0.05, 0) is 26.0 Å². The van der Waals surface area contributed by atoms with Crippen molar-refractivity contribution < 1.29 is 19.0 Å². The van der Waals surface area contributed by atoms with E-state index in [1.54, 1.807) is 18.5 Å². The predicted octanol–water partition coefficient (Wildman–Crippen LogP) is 1.86. The number of nitrogens with zero attached hydrogens (tertiary/aromatic N) is 3. The molecular formula is C17H24N4O4. The normalized spacial score (nSPS) is 10.6. The second-order valence-electron chi connectivity index (χ2n) is 5.67. The summed E-state index contributed by atoms with van der Waals surface area (Å²) in [6, 6.07) is 3.51. The van der Waals surface area contributed by atoms with Gasteiger partial charge in [-0.2, -0.15) is 0 Å². The van der Waals surface area contributed by atoms with Crippen LogP contribution in [0.5, 0.6) is 17.2 Å². The van der Waals surface area contributed by atoms with Crippen LogP contribution in [0, 0.1) is 0 Å². The van der Waals surface area contributed by atoms with Gasteiger partial charge in [0.1, 0.15) is 12.2 Å². The Morgan fingerprint density at radius 2 is 1.80 bits per heavy atom. The number of nitrogens with one attached hydrogen (secondary N) is 1. The van der Waals surface area contributed by atoms with Crippen molar-refractivity contribution in [2.75, 3.05) is 27.9 Å². The molecule has 1 aromatic carbocycles. The number of carbonyl (C=O) groups excluding carboxylic acids is 1. The van der Waals surface area contributed by atoms with E-state index >= 15 is 0 Å². The minimum absolute atomic E-state index is 0.227. The average molecular weight is 348 g/mol. The molecule has 25 heavy (non-hydrogen) atoms. The zero-order valence-corrected chi connectivity index (χ0v) is 15.2. The zero-order valence-electron chi connectivity index (χ0n) is 15.2. The van der Waals surface area contributed by atoms with E-state index in [-0.39, 0.29) is 11.9 Å². The number of benzene rings is 1. The SMILES string of the molecule is COc1cc(C(=O)NCCc2nncn2C(C)C)cc(OC)c1OC. The molecule has 1 aromatic heterocycles. The molecule has 0 aliphatic heterocycles. The third-order valence-electron chi connectivity index (χ3n) is 3.76. The van der Waals surface area contributed by atoms with Crippen LogP contribution in [0.2, 0.25) is 0 Å². The van der Waals surface area contributed by atoms with Crippen molar-refractivity contribution in [1.82, 2.24) is 20.1 Å². The van der Waals surface area contributed by atoms with E-state index in [1.165, 1.54) is 21.3 Å². The molecule has 8 heteroatoms. The molecule has 2 aromatic rings. The molecule has 8 nitrogen and oxygen atoms in total. The first kappa shape index (κ1) is 18.6. The van der Waals surface area contributed by atoms with Crippen LogP contribution in [0.15, 0.2) is 18.5 Å². The van der Waals surface area contributed by atoms with Crippen molar-refractivity contribution in [3.8, 4) is 17.2 Å². The van der Waals surface area contributed by atoms with Crippen molar-refractivity contribution in [1.29, 1.82) is 0 Å². The van der Waals surface area contributed by atoms with Gasteiger partial charge >= 0.3 is 0 Å². The van der Waals surface area contributed by atoms with Crippen LogP contribution < -0.4 is 19.5 Å². The van der Waals surface area contributed by atoms with E-state index < -0.39 is 0 Å². The lowest BCUT2D eigenvalue weighted by atomic mass is 10.1. The van der Waals surface area contributed by atoms with Crippen LogP contribution in [0.25, 0.3) is 0 Å². The second-order valence-corrected chi connectivity index (χ2v) is 5.67. The number of ether oxygens (including phenoxy) is 3. The van der Waals surface area contributed by atoms with Gasteiger partial charge in [-0.15, -0.1) is 10.2 Å². The van der Waals surface area contributed by atoms with Crippen molar-refractivity contribution in [2.24, 2.45) is 0 Å². The Hall–Kier alpha value is -2.77. The minimum Gasteiger partial charge on any atom is -0.493 e. The molecule has 0 saturated carbocycles. The number of rotatable bonds is 8. The highest BCUT2D eigenvalue weighted by atomic mass is 16.5.